The van der Waals surface area contributed by atoms with Crippen LogP contribution in [0.2, 0.25) is 0 Å². The van der Waals surface area contributed by atoms with E-state index in [1.54, 1.807) is 4.90 Å². The molecule has 158 valence electrons. The molecule has 1 atom stereocenters. The number of allylic oxidation sites excluding steroid dienone is 2. The lowest BCUT2D eigenvalue weighted by Gasteiger charge is -2.20. The fourth-order valence-corrected chi connectivity index (χ4v) is 3.34. The molecular formula is C23H43NO3. The van der Waals surface area contributed by atoms with Crippen molar-refractivity contribution in [3.63, 3.8) is 0 Å². The van der Waals surface area contributed by atoms with Gasteiger partial charge in [0.05, 0.1) is 5.92 Å². The predicted octanol–water partition coefficient (Wildman–Crippen LogP) is 6.20. The Morgan fingerprint density at radius 1 is 0.815 bits per heavy atom. The number of hydrogen-bond donors (Lipinski definition) is 1. The number of carbonyl (C=O) groups excluding carboxylic acids is 1. The van der Waals surface area contributed by atoms with Crippen LogP contribution in [-0.4, -0.2) is 35.0 Å². The number of carboxylic acid groups (broad SMARTS) is 1. The molecule has 0 spiro atoms. The minimum absolute atomic E-state index is 0.0499. The Morgan fingerprint density at radius 3 is 1.85 bits per heavy atom. The van der Waals surface area contributed by atoms with Crippen molar-refractivity contribution in [2.24, 2.45) is 5.92 Å². The number of rotatable bonds is 18. The number of carboxylic acids is 1. The second kappa shape index (κ2) is 18.1. The van der Waals surface area contributed by atoms with Gasteiger partial charge in [-0.2, -0.15) is 0 Å². The summed E-state index contributed by atoms with van der Waals surface area (Å²) in [6.07, 6.45) is 18.7. The van der Waals surface area contributed by atoms with Crippen molar-refractivity contribution >= 4 is 11.9 Å². The van der Waals surface area contributed by atoms with Crippen molar-refractivity contribution in [2.45, 2.75) is 104 Å². The molecule has 0 aromatic carbocycles. The van der Waals surface area contributed by atoms with Crippen LogP contribution in [0.1, 0.15) is 104 Å². The van der Waals surface area contributed by atoms with Crippen LogP contribution >= 0.6 is 0 Å². The van der Waals surface area contributed by atoms with Gasteiger partial charge in [-0.3, -0.25) is 9.59 Å². The minimum Gasteiger partial charge on any atom is -0.481 e. The molecule has 1 N–H and O–H groups in total. The average Bonchev–Trinajstić information content (AvgIpc) is 2.65. The molecule has 0 aliphatic heterocycles. The number of carbonyl (C=O) groups is 2. The molecule has 27 heavy (non-hydrogen) atoms. The van der Waals surface area contributed by atoms with Gasteiger partial charge in [-0.05, 0) is 39.5 Å². The van der Waals surface area contributed by atoms with Gasteiger partial charge in [-0.25, -0.2) is 0 Å². The molecule has 0 aromatic heterocycles. The molecule has 4 heteroatoms. The maximum atomic E-state index is 12.1. The lowest BCUT2D eigenvalue weighted by molar-refractivity contribution is -0.146. The van der Waals surface area contributed by atoms with Crippen LogP contribution < -0.4 is 0 Å². The van der Waals surface area contributed by atoms with Crippen LogP contribution in [0.25, 0.3) is 0 Å². The molecule has 1 amide bonds. The number of unbranched alkanes of at least 4 members (excludes halogenated alkanes) is 9. The van der Waals surface area contributed by atoms with Gasteiger partial charge in [0.25, 0.3) is 0 Å². The zero-order valence-electron chi connectivity index (χ0n) is 18.0. The average molecular weight is 382 g/mol. The topological polar surface area (TPSA) is 57.6 Å². The van der Waals surface area contributed by atoms with Gasteiger partial charge in [0, 0.05) is 19.5 Å². The first-order chi connectivity index (χ1) is 13.1. The van der Waals surface area contributed by atoms with Crippen LogP contribution in [0, 0.1) is 5.92 Å². The normalized spacial score (nSPS) is 12.4. The third-order valence-corrected chi connectivity index (χ3v) is 5.21. The summed E-state index contributed by atoms with van der Waals surface area (Å²) in [5.41, 5.74) is 0. The van der Waals surface area contributed by atoms with Gasteiger partial charge >= 0.3 is 5.97 Å². The van der Waals surface area contributed by atoms with Crippen molar-refractivity contribution in [3.05, 3.63) is 12.2 Å². The first kappa shape index (κ1) is 25.7. The smallest absolute Gasteiger partial charge is 0.307 e. The van der Waals surface area contributed by atoms with E-state index in [4.69, 9.17) is 0 Å². The molecule has 0 aliphatic carbocycles. The molecule has 0 aliphatic rings. The first-order valence-electron chi connectivity index (χ1n) is 11.2. The highest BCUT2D eigenvalue weighted by atomic mass is 16.4. The Morgan fingerprint density at radius 2 is 1.33 bits per heavy atom. The third kappa shape index (κ3) is 14.4. The van der Waals surface area contributed by atoms with Gasteiger partial charge < -0.3 is 10.0 Å². The maximum absolute atomic E-state index is 12.1. The Hall–Kier alpha value is -1.32. The van der Waals surface area contributed by atoms with Crippen LogP contribution in [-0.2, 0) is 9.59 Å². The van der Waals surface area contributed by atoms with Gasteiger partial charge in [0.2, 0.25) is 5.91 Å². The maximum Gasteiger partial charge on any atom is 0.307 e. The standard InChI is InChI=1S/C23H43NO3/c1-4-7-8-9-10-11-12-13-14-15-16-17-18-19-21(23(26)27)20-22(25)24(5-2)6-3/h16-17,21H,4-15,18-20H2,1-3H3,(H,26,27)/b17-16+. The Balaban J connectivity index is 3.79. The molecule has 0 bridgehead atoms. The highest BCUT2D eigenvalue weighted by Crippen LogP contribution is 2.15. The van der Waals surface area contributed by atoms with Gasteiger partial charge in [0.1, 0.15) is 0 Å². The lowest BCUT2D eigenvalue weighted by atomic mass is 9.98. The molecule has 0 aromatic rings. The van der Waals surface area contributed by atoms with Crippen molar-refractivity contribution in [2.75, 3.05) is 13.1 Å². The third-order valence-electron chi connectivity index (χ3n) is 5.21. The number of amides is 1. The van der Waals surface area contributed by atoms with Gasteiger partial charge in [-0.15, -0.1) is 0 Å². The summed E-state index contributed by atoms with van der Waals surface area (Å²) < 4.78 is 0. The minimum atomic E-state index is -0.858. The molecule has 0 fully saturated rings. The van der Waals surface area contributed by atoms with E-state index >= 15 is 0 Å². The van der Waals surface area contributed by atoms with Crippen LogP contribution in [0.4, 0.5) is 0 Å². The Kier molecular flexibility index (Phi) is 17.2. The van der Waals surface area contributed by atoms with E-state index in [0.29, 0.717) is 19.5 Å². The first-order valence-corrected chi connectivity index (χ1v) is 11.2. The summed E-state index contributed by atoms with van der Waals surface area (Å²) >= 11 is 0. The molecule has 0 rings (SSSR count). The second-order valence-corrected chi connectivity index (χ2v) is 7.47. The van der Waals surface area contributed by atoms with E-state index in [1.165, 1.54) is 57.8 Å². The summed E-state index contributed by atoms with van der Waals surface area (Å²) in [6, 6.07) is 0. The molecule has 1 unspecified atom stereocenters. The lowest BCUT2D eigenvalue weighted by Crippen LogP contribution is -2.33. The summed E-state index contributed by atoms with van der Waals surface area (Å²) in [4.78, 5) is 25.2. The van der Waals surface area contributed by atoms with E-state index in [0.717, 1.165) is 12.8 Å². The summed E-state index contributed by atoms with van der Waals surface area (Å²) in [5.74, 6) is -1.48. The van der Waals surface area contributed by atoms with Crippen LogP contribution in [0.15, 0.2) is 12.2 Å². The molecule has 0 saturated heterocycles. The van der Waals surface area contributed by atoms with Crippen molar-refractivity contribution < 1.29 is 14.7 Å². The van der Waals surface area contributed by atoms with Gasteiger partial charge in [-0.1, -0.05) is 70.4 Å². The van der Waals surface area contributed by atoms with Crippen molar-refractivity contribution in [3.8, 4) is 0 Å². The highest BCUT2D eigenvalue weighted by molar-refractivity contribution is 5.82. The zero-order chi connectivity index (χ0) is 20.3. The molecule has 0 radical (unpaired) electrons. The molecule has 4 nitrogen and oxygen atoms in total. The SMILES string of the molecule is CCCCCCCCCCC/C=C/CCC(CC(=O)N(CC)CC)C(=O)O. The summed E-state index contributed by atoms with van der Waals surface area (Å²) in [5, 5.41) is 9.35. The fourth-order valence-electron chi connectivity index (χ4n) is 3.34. The molecular weight excluding hydrogens is 338 g/mol. The van der Waals surface area contributed by atoms with Crippen LogP contribution in [0.5, 0.6) is 0 Å². The van der Waals surface area contributed by atoms with E-state index in [2.05, 4.69) is 19.1 Å². The number of hydrogen-bond acceptors (Lipinski definition) is 2. The number of aliphatic carboxylic acids is 1. The quantitative estimate of drug-likeness (QED) is 0.227. The molecule has 0 heterocycles. The monoisotopic (exact) mass is 381 g/mol. The van der Waals surface area contributed by atoms with E-state index in [1.807, 2.05) is 13.8 Å². The Labute approximate surface area is 167 Å². The van der Waals surface area contributed by atoms with E-state index < -0.39 is 11.9 Å². The second-order valence-electron chi connectivity index (χ2n) is 7.47. The zero-order valence-corrected chi connectivity index (χ0v) is 18.0. The fraction of sp³-hybridized carbons (Fsp3) is 0.826. The van der Waals surface area contributed by atoms with Crippen molar-refractivity contribution in [1.82, 2.24) is 4.90 Å². The largest absolute Gasteiger partial charge is 0.481 e. The molecule has 0 saturated carbocycles. The van der Waals surface area contributed by atoms with Gasteiger partial charge in [0.15, 0.2) is 0 Å². The Bertz CT molecular complexity index is 402. The van der Waals surface area contributed by atoms with E-state index in [-0.39, 0.29) is 12.3 Å². The van der Waals surface area contributed by atoms with Crippen molar-refractivity contribution in [1.29, 1.82) is 0 Å². The predicted molar refractivity (Wildman–Crippen MR) is 114 cm³/mol. The summed E-state index contributed by atoms with van der Waals surface area (Å²) in [7, 11) is 0. The van der Waals surface area contributed by atoms with E-state index in [9.17, 15) is 14.7 Å². The summed E-state index contributed by atoms with van der Waals surface area (Å²) in [6.45, 7) is 7.38. The number of nitrogens with zero attached hydrogens (tertiary/aromatic N) is 1. The highest BCUT2D eigenvalue weighted by Gasteiger charge is 2.22. The van der Waals surface area contributed by atoms with Crippen LogP contribution in [0.3, 0.4) is 0 Å².